The molecule has 0 unspecified atom stereocenters. The number of carbonyl (C=O) groups is 2. The van der Waals surface area contributed by atoms with Crippen LogP contribution >= 0.6 is 0 Å². The molecule has 0 aromatic heterocycles. The second-order valence-corrected chi connectivity index (χ2v) is 10.1. The van der Waals surface area contributed by atoms with Crippen LogP contribution < -0.4 is 5.32 Å². The fourth-order valence-corrected chi connectivity index (χ4v) is 4.75. The van der Waals surface area contributed by atoms with E-state index in [9.17, 15) is 9.59 Å². The number of nitrogens with zero attached hydrogens (tertiary/aromatic N) is 1. The Morgan fingerprint density at radius 3 is 2.30 bits per heavy atom. The van der Waals surface area contributed by atoms with E-state index in [0.29, 0.717) is 13.0 Å². The Morgan fingerprint density at radius 1 is 0.970 bits per heavy atom. The molecule has 4 rings (SSSR count). The Labute approximate surface area is 196 Å². The van der Waals surface area contributed by atoms with Crippen LogP contribution in [0.5, 0.6) is 0 Å². The maximum atomic E-state index is 13.7. The molecule has 5 nitrogen and oxygen atoms in total. The van der Waals surface area contributed by atoms with Gasteiger partial charge in [-0.25, -0.2) is 4.79 Å². The van der Waals surface area contributed by atoms with Crippen molar-refractivity contribution in [2.75, 3.05) is 0 Å². The van der Waals surface area contributed by atoms with E-state index in [1.807, 2.05) is 57.2 Å². The highest BCUT2D eigenvalue weighted by atomic mass is 16.6. The Balaban J connectivity index is 1.44. The van der Waals surface area contributed by atoms with Gasteiger partial charge in [0.2, 0.25) is 0 Å². The molecule has 2 aromatic rings. The smallest absolute Gasteiger partial charge is 0.407 e. The van der Waals surface area contributed by atoms with Crippen molar-refractivity contribution in [1.82, 2.24) is 10.2 Å². The molecule has 0 radical (unpaired) electrons. The zero-order chi connectivity index (χ0) is 23.4. The van der Waals surface area contributed by atoms with Crippen molar-refractivity contribution >= 4 is 18.1 Å². The summed E-state index contributed by atoms with van der Waals surface area (Å²) in [5, 5.41) is 3.00. The lowest BCUT2D eigenvalue weighted by atomic mass is 9.89. The Morgan fingerprint density at radius 2 is 1.64 bits per heavy atom. The van der Waals surface area contributed by atoms with E-state index in [1.165, 1.54) is 5.56 Å². The minimum absolute atomic E-state index is 0.0831. The third-order valence-electron chi connectivity index (χ3n) is 6.36. The van der Waals surface area contributed by atoms with Gasteiger partial charge < -0.3 is 15.0 Å². The van der Waals surface area contributed by atoms with Gasteiger partial charge in [-0.1, -0.05) is 54.6 Å². The van der Waals surface area contributed by atoms with Crippen molar-refractivity contribution < 1.29 is 14.3 Å². The molecule has 33 heavy (non-hydrogen) atoms. The summed E-state index contributed by atoms with van der Waals surface area (Å²) in [6.07, 6.45) is 5.76. The fourth-order valence-electron chi connectivity index (χ4n) is 4.75. The number of rotatable bonds is 5. The van der Waals surface area contributed by atoms with Gasteiger partial charge in [-0.2, -0.15) is 0 Å². The number of amides is 2. The zero-order valence-electron chi connectivity index (χ0n) is 19.8. The van der Waals surface area contributed by atoms with Crippen LogP contribution in [0, 0.1) is 0 Å². The molecule has 0 aliphatic heterocycles. The Bertz CT molecular complexity index is 1010. The predicted octanol–water partition coefficient (Wildman–Crippen LogP) is 5.49. The number of hydrogen-bond acceptors (Lipinski definition) is 3. The molecular formula is C28H34N2O3. The molecule has 0 bridgehead atoms. The predicted molar refractivity (Wildman–Crippen MR) is 131 cm³/mol. The third-order valence-corrected chi connectivity index (χ3v) is 6.36. The molecule has 1 N–H and O–H groups in total. The maximum absolute atomic E-state index is 13.7. The summed E-state index contributed by atoms with van der Waals surface area (Å²) in [5.74, 6) is 0.124. The van der Waals surface area contributed by atoms with E-state index < -0.39 is 5.60 Å². The highest BCUT2D eigenvalue weighted by Crippen LogP contribution is 2.30. The van der Waals surface area contributed by atoms with Gasteiger partial charge in [-0.15, -0.1) is 0 Å². The topological polar surface area (TPSA) is 58.6 Å². The number of hydrogen-bond donors (Lipinski definition) is 1. The molecule has 2 aliphatic rings. The first-order valence-corrected chi connectivity index (χ1v) is 11.9. The van der Waals surface area contributed by atoms with E-state index in [-0.39, 0.29) is 24.1 Å². The molecule has 0 heterocycles. The van der Waals surface area contributed by atoms with Crippen molar-refractivity contribution in [2.45, 2.75) is 77.1 Å². The van der Waals surface area contributed by atoms with Gasteiger partial charge in [-0.3, -0.25) is 4.79 Å². The van der Waals surface area contributed by atoms with E-state index in [1.54, 1.807) is 0 Å². The lowest BCUT2D eigenvalue weighted by Gasteiger charge is -2.37. The number of alkyl carbamates (subject to hydrolysis) is 1. The minimum atomic E-state index is -0.507. The van der Waals surface area contributed by atoms with Crippen LogP contribution in [0.15, 0.2) is 60.2 Å². The summed E-state index contributed by atoms with van der Waals surface area (Å²) in [5.41, 5.74) is 3.85. The fraction of sp³-hybridized carbons (Fsp3) is 0.429. The maximum Gasteiger partial charge on any atom is 0.407 e. The van der Waals surface area contributed by atoms with Crippen LogP contribution in [-0.2, 0) is 22.5 Å². The summed E-state index contributed by atoms with van der Waals surface area (Å²) >= 11 is 0. The molecule has 1 saturated carbocycles. The Kier molecular flexibility index (Phi) is 6.87. The molecule has 2 aliphatic carbocycles. The highest BCUT2D eigenvalue weighted by Gasteiger charge is 2.32. The molecule has 0 saturated heterocycles. The van der Waals surface area contributed by atoms with Crippen molar-refractivity contribution in [1.29, 1.82) is 0 Å². The third kappa shape index (κ3) is 6.04. The second kappa shape index (κ2) is 9.82. The molecule has 2 amide bonds. The molecule has 0 atom stereocenters. The van der Waals surface area contributed by atoms with E-state index in [4.69, 9.17) is 4.74 Å². The number of ether oxygens (including phenoxy) is 1. The van der Waals surface area contributed by atoms with Crippen LogP contribution in [0.1, 0.15) is 63.1 Å². The molecule has 1 fully saturated rings. The number of fused-ring (bicyclic) bond motifs is 1. The van der Waals surface area contributed by atoms with Crippen LogP contribution in [0.3, 0.4) is 0 Å². The second-order valence-electron chi connectivity index (χ2n) is 10.1. The summed E-state index contributed by atoms with van der Waals surface area (Å²) in [6, 6.07) is 18.6. The van der Waals surface area contributed by atoms with Gasteiger partial charge in [0, 0.05) is 30.6 Å². The monoisotopic (exact) mass is 446 g/mol. The van der Waals surface area contributed by atoms with Crippen LogP contribution in [-0.4, -0.2) is 34.6 Å². The summed E-state index contributed by atoms with van der Waals surface area (Å²) in [6.45, 7) is 6.20. The zero-order valence-corrected chi connectivity index (χ0v) is 19.8. The van der Waals surface area contributed by atoms with Gasteiger partial charge in [0.1, 0.15) is 5.60 Å². The van der Waals surface area contributed by atoms with Crippen molar-refractivity contribution in [3.05, 3.63) is 76.9 Å². The first-order chi connectivity index (χ1) is 15.8. The number of carbonyl (C=O) groups excluding carboxylic acids is 2. The van der Waals surface area contributed by atoms with Crippen LogP contribution in [0.25, 0.3) is 6.08 Å². The van der Waals surface area contributed by atoms with Crippen LogP contribution in [0.4, 0.5) is 4.79 Å². The van der Waals surface area contributed by atoms with Gasteiger partial charge in [0.05, 0.1) is 0 Å². The van der Waals surface area contributed by atoms with Crippen molar-refractivity contribution in [3.8, 4) is 0 Å². The highest BCUT2D eigenvalue weighted by molar-refractivity contribution is 6.00. The summed E-state index contributed by atoms with van der Waals surface area (Å²) < 4.78 is 5.41. The molecule has 174 valence electrons. The molecular weight excluding hydrogens is 412 g/mol. The average molecular weight is 447 g/mol. The normalized spacial score (nSPS) is 19.9. The number of benzene rings is 2. The summed E-state index contributed by atoms with van der Waals surface area (Å²) in [4.78, 5) is 27.9. The quantitative estimate of drug-likeness (QED) is 0.661. The van der Waals surface area contributed by atoms with E-state index >= 15 is 0 Å². The standard InChI is InChI=1S/C28H34N2O3/c1-28(2,3)33-27(32)29-24-13-15-25(16-14-24)30(19-20-9-5-4-6-10-20)26(31)23-17-21-11-7-8-12-22(21)18-23/h4-12,17,24-25H,13-16,18-19H2,1-3H3,(H,29,32). The van der Waals surface area contributed by atoms with Crippen molar-refractivity contribution in [2.24, 2.45) is 0 Å². The Hall–Kier alpha value is -3.08. The lowest BCUT2D eigenvalue weighted by molar-refractivity contribution is -0.130. The SMILES string of the molecule is CC(C)(C)OC(=O)NC1CCC(N(Cc2ccccc2)C(=O)C2=Cc3ccccc3C2)CC1. The van der Waals surface area contributed by atoms with Gasteiger partial charge in [-0.05, 0) is 69.2 Å². The average Bonchev–Trinajstić information content (AvgIpc) is 3.21. The molecule has 5 heteroatoms. The van der Waals surface area contributed by atoms with E-state index in [2.05, 4.69) is 34.5 Å². The van der Waals surface area contributed by atoms with Gasteiger partial charge in [0.25, 0.3) is 5.91 Å². The minimum Gasteiger partial charge on any atom is -0.444 e. The van der Waals surface area contributed by atoms with Gasteiger partial charge >= 0.3 is 6.09 Å². The first kappa shape index (κ1) is 23.1. The van der Waals surface area contributed by atoms with E-state index in [0.717, 1.165) is 42.4 Å². The molecule has 2 aromatic carbocycles. The van der Waals surface area contributed by atoms with Crippen molar-refractivity contribution in [3.63, 3.8) is 0 Å². The number of nitrogens with one attached hydrogen (secondary N) is 1. The summed E-state index contributed by atoms with van der Waals surface area (Å²) in [7, 11) is 0. The molecule has 0 spiro atoms. The van der Waals surface area contributed by atoms with Gasteiger partial charge in [0.15, 0.2) is 0 Å². The van der Waals surface area contributed by atoms with Crippen LogP contribution in [0.2, 0.25) is 0 Å². The first-order valence-electron chi connectivity index (χ1n) is 11.9. The largest absolute Gasteiger partial charge is 0.444 e. The lowest BCUT2D eigenvalue weighted by Crippen LogP contribution is -2.47.